The van der Waals surface area contributed by atoms with E-state index in [0.29, 0.717) is 12.2 Å². The molecule has 0 aliphatic carbocycles. The van der Waals surface area contributed by atoms with Gasteiger partial charge in [0.05, 0.1) is 23.5 Å². The number of anilines is 1. The van der Waals surface area contributed by atoms with Gasteiger partial charge in [-0.3, -0.25) is 10.1 Å². The molecule has 4 aromatic rings. The molecule has 0 spiro atoms. The van der Waals surface area contributed by atoms with E-state index in [1.165, 1.54) is 0 Å². The zero-order chi connectivity index (χ0) is 21.3. The Hall–Kier alpha value is -3.10. The molecular weight excluding hydrogens is 430 g/mol. The molecule has 0 fully saturated rings. The first kappa shape index (κ1) is 20.2. The van der Waals surface area contributed by atoms with Crippen molar-refractivity contribution in [3.05, 3.63) is 87.5 Å². The van der Waals surface area contributed by atoms with Crippen molar-refractivity contribution in [1.29, 1.82) is 0 Å². The molecule has 0 saturated heterocycles. The average molecular weight is 445 g/mol. The summed E-state index contributed by atoms with van der Waals surface area (Å²) in [5.74, 6) is -1.64. The SMILES string of the molecule is Cc1nn(Cc2ccccc2)c(Cl)c1C(=O)Nc1nc(-c2cc(F)ccc2F)cs1. The predicted octanol–water partition coefficient (Wildman–Crippen LogP) is 5.55. The Morgan fingerprint density at radius 2 is 1.97 bits per heavy atom. The van der Waals surface area contributed by atoms with E-state index >= 15 is 0 Å². The molecule has 4 rings (SSSR count). The summed E-state index contributed by atoms with van der Waals surface area (Å²) in [7, 11) is 0. The van der Waals surface area contributed by atoms with Crippen molar-refractivity contribution in [3.63, 3.8) is 0 Å². The third-order valence-electron chi connectivity index (χ3n) is 4.40. The summed E-state index contributed by atoms with van der Waals surface area (Å²) in [6, 6.07) is 12.7. The van der Waals surface area contributed by atoms with E-state index in [2.05, 4.69) is 15.4 Å². The van der Waals surface area contributed by atoms with E-state index in [1.54, 1.807) is 17.0 Å². The molecule has 2 aromatic carbocycles. The zero-order valence-corrected chi connectivity index (χ0v) is 17.3. The number of hydrogen-bond acceptors (Lipinski definition) is 4. The Bertz CT molecular complexity index is 1220. The molecule has 0 unspecified atom stereocenters. The number of halogens is 3. The van der Waals surface area contributed by atoms with Crippen molar-refractivity contribution in [2.45, 2.75) is 13.5 Å². The first-order chi connectivity index (χ1) is 14.4. The Balaban J connectivity index is 1.55. The van der Waals surface area contributed by atoms with Crippen LogP contribution in [-0.2, 0) is 6.54 Å². The van der Waals surface area contributed by atoms with Crippen molar-refractivity contribution >= 4 is 34.0 Å². The summed E-state index contributed by atoms with van der Waals surface area (Å²) in [6.07, 6.45) is 0. The van der Waals surface area contributed by atoms with Crippen LogP contribution in [0.3, 0.4) is 0 Å². The Kier molecular flexibility index (Phi) is 5.61. The summed E-state index contributed by atoms with van der Waals surface area (Å²) in [6.45, 7) is 2.12. The van der Waals surface area contributed by atoms with Gasteiger partial charge in [0.25, 0.3) is 5.91 Å². The van der Waals surface area contributed by atoms with E-state index < -0.39 is 17.5 Å². The largest absolute Gasteiger partial charge is 0.298 e. The van der Waals surface area contributed by atoms with Gasteiger partial charge in [0.15, 0.2) is 5.13 Å². The molecule has 0 aliphatic heterocycles. The lowest BCUT2D eigenvalue weighted by molar-refractivity contribution is 0.102. The van der Waals surface area contributed by atoms with Gasteiger partial charge in [-0.15, -0.1) is 11.3 Å². The first-order valence-electron chi connectivity index (χ1n) is 8.91. The number of benzene rings is 2. The van der Waals surface area contributed by atoms with Crippen molar-refractivity contribution in [3.8, 4) is 11.3 Å². The molecule has 0 bridgehead atoms. The number of nitrogens with zero attached hydrogens (tertiary/aromatic N) is 3. The molecule has 9 heteroatoms. The van der Waals surface area contributed by atoms with Crippen LogP contribution in [0.5, 0.6) is 0 Å². The van der Waals surface area contributed by atoms with Crippen molar-refractivity contribution in [2.24, 2.45) is 0 Å². The normalized spacial score (nSPS) is 10.9. The van der Waals surface area contributed by atoms with Crippen LogP contribution in [0.2, 0.25) is 5.15 Å². The Labute approximate surface area is 180 Å². The summed E-state index contributed by atoms with van der Waals surface area (Å²) in [5, 5.41) is 9.01. The van der Waals surface area contributed by atoms with Crippen LogP contribution in [0.25, 0.3) is 11.3 Å². The second-order valence-corrected chi connectivity index (χ2v) is 7.73. The minimum Gasteiger partial charge on any atom is -0.298 e. The molecular formula is C21H15ClF2N4OS. The standard InChI is InChI=1S/C21H15ClF2N4OS/c1-12-18(19(22)28(27-12)10-13-5-3-2-4-6-13)20(29)26-21-25-17(11-30-21)15-9-14(23)7-8-16(15)24/h2-9,11H,10H2,1H3,(H,25,26,29). The lowest BCUT2D eigenvalue weighted by Crippen LogP contribution is -2.13. The van der Waals surface area contributed by atoms with E-state index in [9.17, 15) is 13.6 Å². The number of aryl methyl sites for hydroxylation is 1. The molecule has 2 heterocycles. The molecule has 1 N–H and O–H groups in total. The number of rotatable bonds is 5. The fourth-order valence-corrected chi connectivity index (χ4v) is 4.01. The van der Waals surface area contributed by atoms with E-state index in [1.807, 2.05) is 30.3 Å². The highest BCUT2D eigenvalue weighted by Crippen LogP contribution is 2.29. The van der Waals surface area contributed by atoms with Crippen LogP contribution in [0, 0.1) is 18.6 Å². The molecule has 0 atom stereocenters. The quantitative estimate of drug-likeness (QED) is 0.439. The number of nitrogens with one attached hydrogen (secondary N) is 1. The Morgan fingerprint density at radius 3 is 2.73 bits per heavy atom. The van der Waals surface area contributed by atoms with Gasteiger partial charge in [0.2, 0.25) is 0 Å². The number of aromatic nitrogens is 3. The van der Waals surface area contributed by atoms with Gasteiger partial charge in [-0.25, -0.2) is 18.4 Å². The maximum Gasteiger partial charge on any atom is 0.262 e. The second-order valence-electron chi connectivity index (χ2n) is 6.51. The van der Waals surface area contributed by atoms with E-state index in [-0.39, 0.29) is 27.1 Å². The maximum atomic E-state index is 14.0. The van der Waals surface area contributed by atoms with Crippen LogP contribution in [0.1, 0.15) is 21.6 Å². The highest BCUT2D eigenvalue weighted by molar-refractivity contribution is 7.14. The highest BCUT2D eigenvalue weighted by atomic mass is 35.5. The minimum absolute atomic E-state index is 0.0247. The minimum atomic E-state index is -0.597. The van der Waals surface area contributed by atoms with Gasteiger partial charge in [-0.05, 0) is 30.7 Å². The Morgan fingerprint density at radius 1 is 1.20 bits per heavy atom. The fourth-order valence-electron chi connectivity index (χ4n) is 2.98. The van der Waals surface area contributed by atoms with Crippen LogP contribution < -0.4 is 5.32 Å². The summed E-state index contributed by atoms with van der Waals surface area (Å²) >= 11 is 7.51. The molecule has 0 radical (unpaired) electrons. The average Bonchev–Trinajstić information content (AvgIpc) is 3.28. The molecule has 0 saturated carbocycles. The molecule has 0 aliphatic rings. The molecule has 5 nitrogen and oxygen atoms in total. The van der Waals surface area contributed by atoms with E-state index in [4.69, 9.17) is 11.6 Å². The summed E-state index contributed by atoms with van der Waals surface area (Å²) in [4.78, 5) is 17.0. The number of hydrogen-bond donors (Lipinski definition) is 1. The van der Waals surface area contributed by atoms with Gasteiger partial charge < -0.3 is 0 Å². The zero-order valence-electron chi connectivity index (χ0n) is 15.7. The monoisotopic (exact) mass is 444 g/mol. The lowest BCUT2D eigenvalue weighted by Gasteiger charge is -2.04. The molecule has 1 amide bonds. The molecule has 30 heavy (non-hydrogen) atoms. The van der Waals surface area contributed by atoms with Crippen LogP contribution in [-0.4, -0.2) is 20.7 Å². The van der Waals surface area contributed by atoms with Gasteiger partial charge in [-0.2, -0.15) is 5.10 Å². The maximum absolute atomic E-state index is 14.0. The van der Waals surface area contributed by atoms with Crippen molar-refractivity contribution in [1.82, 2.24) is 14.8 Å². The molecule has 152 valence electrons. The fraction of sp³-hybridized carbons (Fsp3) is 0.0952. The predicted molar refractivity (Wildman–Crippen MR) is 113 cm³/mol. The van der Waals surface area contributed by atoms with Gasteiger partial charge >= 0.3 is 0 Å². The van der Waals surface area contributed by atoms with Gasteiger partial charge in [0, 0.05) is 10.9 Å². The van der Waals surface area contributed by atoms with Crippen LogP contribution in [0.15, 0.2) is 53.9 Å². The lowest BCUT2D eigenvalue weighted by atomic mass is 10.1. The molecule has 2 aromatic heterocycles. The third-order valence-corrected chi connectivity index (χ3v) is 5.54. The van der Waals surface area contributed by atoms with Crippen molar-refractivity contribution < 1.29 is 13.6 Å². The van der Waals surface area contributed by atoms with Gasteiger partial charge in [-0.1, -0.05) is 41.9 Å². The van der Waals surface area contributed by atoms with E-state index in [0.717, 1.165) is 35.1 Å². The summed E-state index contributed by atoms with van der Waals surface area (Å²) in [5.41, 5.74) is 1.96. The second kappa shape index (κ2) is 8.33. The number of amides is 1. The topological polar surface area (TPSA) is 59.8 Å². The smallest absolute Gasteiger partial charge is 0.262 e. The number of carbonyl (C=O) groups is 1. The number of thiazole rings is 1. The first-order valence-corrected chi connectivity index (χ1v) is 10.2. The van der Waals surface area contributed by atoms with Gasteiger partial charge in [0.1, 0.15) is 16.8 Å². The highest BCUT2D eigenvalue weighted by Gasteiger charge is 2.22. The number of carbonyl (C=O) groups excluding carboxylic acids is 1. The third kappa shape index (κ3) is 4.10. The van der Waals surface area contributed by atoms with Crippen LogP contribution in [0.4, 0.5) is 13.9 Å². The van der Waals surface area contributed by atoms with Crippen molar-refractivity contribution in [2.75, 3.05) is 5.32 Å². The van der Waals surface area contributed by atoms with Crippen LogP contribution >= 0.6 is 22.9 Å². The summed E-state index contributed by atoms with van der Waals surface area (Å²) < 4.78 is 28.9.